The highest BCUT2D eigenvalue weighted by molar-refractivity contribution is 4.60. The van der Waals surface area contributed by atoms with Crippen LogP contribution in [0.25, 0.3) is 0 Å². The number of rotatable bonds is 4. The number of hydrogen-bond acceptors (Lipinski definition) is 3. The summed E-state index contributed by atoms with van der Waals surface area (Å²) in [7, 11) is 8.15. The molecule has 0 aromatic carbocycles. The summed E-state index contributed by atoms with van der Waals surface area (Å²) < 4.78 is 0. The molecule has 0 bridgehead atoms. The highest BCUT2D eigenvalue weighted by atomic mass is 15.5. The number of likely N-dealkylation sites (N-methyl/N-ethyl adjacent to an activating group) is 2. The van der Waals surface area contributed by atoms with Gasteiger partial charge in [-0.25, -0.2) is 5.01 Å². The lowest BCUT2D eigenvalue weighted by molar-refractivity contribution is 0.161. The van der Waals surface area contributed by atoms with Gasteiger partial charge in [-0.15, -0.1) is 0 Å². The van der Waals surface area contributed by atoms with Crippen LogP contribution in [-0.4, -0.2) is 50.7 Å². The average Bonchev–Trinajstić information content (AvgIpc) is 1.85. The van der Waals surface area contributed by atoms with Crippen LogP contribution >= 0.6 is 0 Å². The molecule has 3 nitrogen and oxygen atoms in total. The summed E-state index contributed by atoms with van der Waals surface area (Å²) in [6.07, 6.45) is 0. The zero-order chi connectivity index (χ0) is 8.15. The summed E-state index contributed by atoms with van der Waals surface area (Å²) in [6.45, 7) is 3.27. The van der Waals surface area contributed by atoms with Crippen LogP contribution in [0.1, 0.15) is 6.92 Å². The summed E-state index contributed by atoms with van der Waals surface area (Å²) in [4.78, 5) is 2.18. The van der Waals surface area contributed by atoms with E-state index < -0.39 is 0 Å². The predicted molar refractivity (Wildman–Crippen MR) is 44.8 cm³/mol. The van der Waals surface area contributed by atoms with Crippen LogP contribution in [0, 0.1) is 0 Å². The molecule has 0 unspecified atom stereocenters. The molecule has 3 heteroatoms. The van der Waals surface area contributed by atoms with Gasteiger partial charge in [-0.3, -0.25) is 5.43 Å². The van der Waals surface area contributed by atoms with Crippen molar-refractivity contribution in [2.45, 2.75) is 13.0 Å². The van der Waals surface area contributed by atoms with Crippen molar-refractivity contribution in [2.75, 3.05) is 34.7 Å². The second-order valence-electron chi connectivity index (χ2n) is 2.95. The van der Waals surface area contributed by atoms with Crippen LogP contribution < -0.4 is 5.43 Å². The molecule has 0 saturated carbocycles. The first kappa shape index (κ1) is 9.88. The van der Waals surface area contributed by atoms with Crippen molar-refractivity contribution in [1.29, 1.82) is 0 Å². The molecule has 0 rings (SSSR count). The van der Waals surface area contributed by atoms with Gasteiger partial charge in [0.15, 0.2) is 0 Å². The zero-order valence-corrected chi connectivity index (χ0v) is 7.68. The van der Waals surface area contributed by atoms with Gasteiger partial charge in [0.2, 0.25) is 0 Å². The molecule has 1 atom stereocenters. The van der Waals surface area contributed by atoms with Crippen molar-refractivity contribution in [3.05, 3.63) is 0 Å². The summed E-state index contributed by atoms with van der Waals surface area (Å²) in [5, 5.41) is 2.10. The Morgan fingerprint density at radius 1 is 1.30 bits per heavy atom. The van der Waals surface area contributed by atoms with Gasteiger partial charge in [0.25, 0.3) is 0 Å². The first-order valence-corrected chi connectivity index (χ1v) is 3.63. The first-order valence-electron chi connectivity index (χ1n) is 3.63. The molecule has 0 aromatic heterocycles. The van der Waals surface area contributed by atoms with Gasteiger partial charge < -0.3 is 4.90 Å². The standard InChI is InChI=1S/C7H19N3/c1-7(6-9(3)4)10(5)8-2/h7-8H,6H2,1-5H3/t7-/m1/s1. The summed E-state index contributed by atoms with van der Waals surface area (Å²) in [5.74, 6) is 0. The Bertz CT molecular complexity index is 82.9. The van der Waals surface area contributed by atoms with Crippen LogP contribution in [0.15, 0.2) is 0 Å². The van der Waals surface area contributed by atoms with Crippen molar-refractivity contribution in [3.8, 4) is 0 Å². The summed E-state index contributed by atoms with van der Waals surface area (Å²) in [5.41, 5.74) is 3.08. The number of nitrogens with one attached hydrogen (secondary N) is 1. The molecule has 0 aromatic rings. The molecule has 0 radical (unpaired) electrons. The highest BCUT2D eigenvalue weighted by Gasteiger charge is 2.06. The summed E-state index contributed by atoms with van der Waals surface area (Å²) in [6, 6.07) is 0.556. The van der Waals surface area contributed by atoms with Crippen molar-refractivity contribution in [2.24, 2.45) is 0 Å². The largest absolute Gasteiger partial charge is 0.308 e. The fourth-order valence-corrected chi connectivity index (χ4v) is 0.871. The summed E-state index contributed by atoms with van der Waals surface area (Å²) >= 11 is 0. The number of hydrogen-bond donors (Lipinski definition) is 1. The van der Waals surface area contributed by atoms with E-state index in [4.69, 9.17) is 0 Å². The maximum Gasteiger partial charge on any atom is 0.0339 e. The molecule has 10 heavy (non-hydrogen) atoms. The van der Waals surface area contributed by atoms with Crippen LogP contribution in [-0.2, 0) is 0 Å². The smallest absolute Gasteiger partial charge is 0.0339 e. The van der Waals surface area contributed by atoms with E-state index in [2.05, 4.69) is 36.4 Å². The normalized spacial score (nSPS) is 14.7. The van der Waals surface area contributed by atoms with Gasteiger partial charge in [-0.1, -0.05) is 0 Å². The van der Waals surface area contributed by atoms with E-state index in [0.717, 1.165) is 6.54 Å². The van der Waals surface area contributed by atoms with Crippen LogP contribution in [0.3, 0.4) is 0 Å². The predicted octanol–water partition coefficient (Wildman–Crippen LogP) is 0.00270. The van der Waals surface area contributed by atoms with E-state index in [1.54, 1.807) is 0 Å². The molecule has 1 N–H and O–H groups in total. The Morgan fingerprint density at radius 2 is 1.80 bits per heavy atom. The Morgan fingerprint density at radius 3 is 2.10 bits per heavy atom. The van der Waals surface area contributed by atoms with Crippen molar-refractivity contribution in [3.63, 3.8) is 0 Å². The monoisotopic (exact) mass is 145 g/mol. The van der Waals surface area contributed by atoms with Crippen LogP contribution in [0.2, 0.25) is 0 Å². The molecule has 0 aliphatic carbocycles. The topological polar surface area (TPSA) is 18.5 Å². The fourth-order valence-electron chi connectivity index (χ4n) is 0.871. The minimum Gasteiger partial charge on any atom is -0.308 e. The van der Waals surface area contributed by atoms with Crippen molar-refractivity contribution < 1.29 is 0 Å². The average molecular weight is 145 g/mol. The molecule has 0 aliphatic heterocycles. The Kier molecular flexibility index (Phi) is 4.60. The molecule has 0 aliphatic rings. The minimum atomic E-state index is 0.556. The Labute approximate surface area is 64.0 Å². The second-order valence-corrected chi connectivity index (χ2v) is 2.95. The van der Waals surface area contributed by atoms with Gasteiger partial charge in [0.1, 0.15) is 0 Å². The maximum absolute atomic E-state index is 3.08. The fraction of sp³-hybridized carbons (Fsp3) is 1.00. The van der Waals surface area contributed by atoms with E-state index in [9.17, 15) is 0 Å². The SMILES string of the molecule is CNN(C)[C@H](C)CN(C)C. The van der Waals surface area contributed by atoms with Crippen LogP contribution in [0.5, 0.6) is 0 Å². The van der Waals surface area contributed by atoms with Gasteiger partial charge >= 0.3 is 0 Å². The molecule has 0 spiro atoms. The molecule has 0 fully saturated rings. The lowest BCUT2D eigenvalue weighted by Gasteiger charge is -2.25. The van der Waals surface area contributed by atoms with Gasteiger partial charge in [0, 0.05) is 19.6 Å². The third kappa shape index (κ3) is 3.82. The van der Waals surface area contributed by atoms with Gasteiger partial charge in [-0.05, 0) is 28.1 Å². The van der Waals surface area contributed by atoms with E-state index in [0.29, 0.717) is 6.04 Å². The molecular formula is C7H19N3. The first-order chi connectivity index (χ1) is 4.57. The van der Waals surface area contributed by atoms with E-state index in [1.165, 1.54) is 0 Å². The lowest BCUT2D eigenvalue weighted by atomic mass is 10.3. The Hall–Kier alpha value is -0.120. The van der Waals surface area contributed by atoms with E-state index in [-0.39, 0.29) is 0 Å². The molecular weight excluding hydrogens is 126 g/mol. The second kappa shape index (κ2) is 4.66. The Balaban J connectivity index is 3.50. The van der Waals surface area contributed by atoms with Gasteiger partial charge in [0.05, 0.1) is 0 Å². The molecule has 0 saturated heterocycles. The van der Waals surface area contributed by atoms with E-state index in [1.807, 2.05) is 14.1 Å². The third-order valence-electron chi connectivity index (χ3n) is 1.64. The quantitative estimate of drug-likeness (QED) is 0.562. The number of hydrazine groups is 1. The molecule has 0 amide bonds. The molecule has 62 valence electrons. The maximum atomic E-state index is 3.08. The van der Waals surface area contributed by atoms with Crippen molar-refractivity contribution in [1.82, 2.24) is 15.3 Å². The lowest BCUT2D eigenvalue weighted by Crippen LogP contribution is -2.43. The van der Waals surface area contributed by atoms with Gasteiger partial charge in [-0.2, -0.15) is 0 Å². The number of nitrogens with zero attached hydrogens (tertiary/aromatic N) is 2. The van der Waals surface area contributed by atoms with E-state index >= 15 is 0 Å². The highest BCUT2D eigenvalue weighted by Crippen LogP contribution is 1.91. The zero-order valence-electron chi connectivity index (χ0n) is 7.68. The van der Waals surface area contributed by atoms with Crippen LogP contribution in [0.4, 0.5) is 0 Å². The third-order valence-corrected chi connectivity index (χ3v) is 1.64. The minimum absolute atomic E-state index is 0.556. The van der Waals surface area contributed by atoms with Crippen molar-refractivity contribution >= 4 is 0 Å². The molecule has 0 heterocycles.